The van der Waals surface area contributed by atoms with Gasteiger partial charge in [0, 0.05) is 13.0 Å². The van der Waals surface area contributed by atoms with Crippen LogP contribution < -0.4 is 38.9 Å². The topological polar surface area (TPSA) is 258 Å². The van der Waals surface area contributed by atoms with Gasteiger partial charge >= 0.3 is 5.97 Å². The van der Waals surface area contributed by atoms with Gasteiger partial charge in [-0.05, 0) is 25.2 Å². The number of hydrogen-bond donors (Lipinski definition) is 8. The van der Waals surface area contributed by atoms with E-state index in [0.29, 0.717) is 6.42 Å². The molecule has 0 heterocycles. The molecule has 0 spiro atoms. The fraction of sp³-hybridized carbons (Fsp3) is 0.667. The zero-order valence-corrected chi connectivity index (χ0v) is 18.3. The van der Waals surface area contributed by atoms with Gasteiger partial charge in [0.2, 0.25) is 23.6 Å². The van der Waals surface area contributed by atoms with Gasteiger partial charge in [-0.2, -0.15) is 0 Å². The van der Waals surface area contributed by atoms with Crippen LogP contribution in [0.2, 0.25) is 0 Å². The second kappa shape index (κ2) is 14.6. The van der Waals surface area contributed by atoms with E-state index < -0.39 is 54.3 Å². The molecule has 12 N–H and O–H groups in total. The molecule has 0 aliphatic rings. The number of rotatable bonds is 15. The predicted octanol–water partition coefficient (Wildman–Crippen LogP) is -3.54. The van der Waals surface area contributed by atoms with Gasteiger partial charge in [0.1, 0.15) is 18.6 Å². The number of nitrogens with two attached hydrogens (primary N) is 4. The van der Waals surface area contributed by atoms with Crippen molar-refractivity contribution in [2.24, 2.45) is 33.8 Å². The van der Waals surface area contributed by atoms with Crippen molar-refractivity contribution in [3.05, 3.63) is 0 Å². The van der Waals surface area contributed by atoms with Crippen LogP contribution in [0.3, 0.4) is 0 Å². The summed E-state index contributed by atoms with van der Waals surface area (Å²) in [7, 11) is 0. The molecule has 14 heteroatoms. The third-order valence-corrected chi connectivity index (χ3v) is 4.33. The smallest absolute Gasteiger partial charge is 0.322 e. The van der Waals surface area contributed by atoms with Crippen LogP contribution in [-0.2, 0) is 24.0 Å². The Hall–Kier alpha value is -3.42. The average molecular weight is 459 g/mol. The minimum atomic E-state index is -1.29. The van der Waals surface area contributed by atoms with Crippen LogP contribution in [0.1, 0.15) is 39.5 Å². The van der Waals surface area contributed by atoms with Crippen LogP contribution in [0.25, 0.3) is 0 Å². The molecular weight excluding hydrogens is 424 g/mol. The van der Waals surface area contributed by atoms with Gasteiger partial charge < -0.3 is 44.0 Å². The maximum Gasteiger partial charge on any atom is 0.322 e. The quantitative estimate of drug-likeness (QED) is 0.0685. The number of nitrogens with zero attached hydrogens (tertiary/aromatic N) is 1. The minimum Gasteiger partial charge on any atom is -0.480 e. The number of primary amides is 1. The monoisotopic (exact) mass is 458 g/mol. The standard InChI is InChI=1S/C18H34N8O6/c1-9(2)14(20)17(32)26-10(4-3-7-23-18(21)22)16(31)25-11(5-6-12(19)27)15(30)24-8-13(28)29/h9-11,14H,3-8,20H2,1-2H3,(H2,19,27)(H,24,30)(H,25,31)(H,26,32)(H,28,29)(H4,21,22,23). The SMILES string of the molecule is CC(C)C(N)C(=O)NC(CCCN=C(N)N)C(=O)NC(CCC(N)=O)C(=O)NCC(=O)O. The zero-order valence-electron chi connectivity index (χ0n) is 18.3. The van der Waals surface area contributed by atoms with E-state index in [1.165, 1.54) is 0 Å². The molecule has 0 aromatic heterocycles. The largest absolute Gasteiger partial charge is 0.480 e. The molecule has 0 aromatic carbocycles. The lowest BCUT2D eigenvalue weighted by atomic mass is 10.0. The van der Waals surface area contributed by atoms with Gasteiger partial charge in [0.25, 0.3) is 0 Å². The number of hydrogen-bond acceptors (Lipinski definition) is 7. The van der Waals surface area contributed by atoms with E-state index in [4.69, 9.17) is 28.0 Å². The third kappa shape index (κ3) is 12.3. The van der Waals surface area contributed by atoms with Crippen molar-refractivity contribution >= 4 is 35.6 Å². The lowest BCUT2D eigenvalue weighted by Gasteiger charge is -2.24. The van der Waals surface area contributed by atoms with Crippen LogP contribution in [0.4, 0.5) is 0 Å². The van der Waals surface area contributed by atoms with E-state index in [1.807, 2.05) is 0 Å². The normalized spacial score (nSPS) is 13.4. The molecule has 3 atom stereocenters. The molecule has 0 saturated heterocycles. The van der Waals surface area contributed by atoms with Crippen LogP contribution in [0.5, 0.6) is 0 Å². The average Bonchev–Trinajstić information content (AvgIpc) is 2.69. The molecule has 4 amide bonds. The summed E-state index contributed by atoms with van der Waals surface area (Å²) >= 11 is 0. The fourth-order valence-electron chi connectivity index (χ4n) is 2.46. The second-order valence-corrected chi connectivity index (χ2v) is 7.46. The number of guanidine groups is 1. The van der Waals surface area contributed by atoms with E-state index >= 15 is 0 Å². The highest BCUT2D eigenvalue weighted by Crippen LogP contribution is 2.05. The minimum absolute atomic E-state index is 0.123. The summed E-state index contributed by atoms with van der Waals surface area (Å²) in [6.07, 6.45) is 0.0562. The van der Waals surface area contributed by atoms with Crippen LogP contribution in [-0.4, -0.2) is 71.9 Å². The zero-order chi connectivity index (χ0) is 24.8. The Morgan fingerprint density at radius 3 is 1.97 bits per heavy atom. The van der Waals surface area contributed by atoms with Crippen molar-refractivity contribution in [1.82, 2.24) is 16.0 Å². The Morgan fingerprint density at radius 2 is 1.47 bits per heavy atom. The number of aliphatic imine (C=N–C) groups is 1. The predicted molar refractivity (Wildman–Crippen MR) is 116 cm³/mol. The van der Waals surface area contributed by atoms with Gasteiger partial charge in [-0.1, -0.05) is 13.8 Å². The Balaban J connectivity index is 5.40. The summed E-state index contributed by atoms with van der Waals surface area (Å²) in [5.74, 6) is -4.41. The van der Waals surface area contributed by atoms with Gasteiger partial charge in [0.15, 0.2) is 5.96 Å². The molecule has 0 saturated carbocycles. The number of amides is 4. The molecular formula is C18H34N8O6. The third-order valence-electron chi connectivity index (χ3n) is 4.33. The molecule has 3 unspecified atom stereocenters. The molecule has 32 heavy (non-hydrogen) atoms. The first-order valence-electron chi connectivity index (χ1n) is 10.0. The first-order valence-corrected chi connectivity index (χ1v) is 10.0. The maximum absolute atomic E-state index is 12.8. The number of carbonyl (C=O) groups excluding carboxylic acids is 4. The summed E-state index contributed by atoms with van der Waals surface area (Å²) in [6.45, 7) is 3.00. The first kappa shape index (κ1) is 28.6. The number of aliphatic carboxylic acids is 1. The Labute approximate surface area is 185 Å². The number of carboxylic acids is 1. The Kier molecular flexibility index (Phi) is 13.0. The Morgan fingerprint density at radius 1 is 0.906 bits per heavy atom. The highest BCUT2D eigenvalue weighted by molar-refractivity contribution is 5.94. The van der Waals surface area contributed by atoms with Crippen LogP contribution in [0, 0.1) is 5.92 Å². The molecule has 0 aliphatic carbocycles. The van der Waals surface area contributed by atoms with Gasteiger partial charge in [-0.25, -0.2) is 0 Å². The highest BCUT2D eigenvalue weighted by atomic mass is 16.4. The number of carbonyl (C=O) groups is 5. The molecule has 0 rings (SSSR count). The van der Waals surface area contributed by atoms with Crippen molar-refractivity contribution in [3.8, 4) is 0 Å². The van der Waals surface area contributed by atoms with E-state index in [1.54, 1.807) is 13.8 Å². The van der Waals surface area contributed by atoms with Gasteiger partial charge in [-0.15, -0.1) is 0 Å². The fourth-order valence-corrected chi connectivity index (χ4v) is 2.46. The van der Waals surface area contributed by atoms with Gasteiger partial charge in [-0.3, -0.25) is 29.0 Å². The van der Waals surface area contributed by atoms with Crippen molar-refractivity contribution < 1.29 is 29.1 Å². The second-order valence-electron chi connectivity index (χ2n) is 7.46. The van der Waals surface area contributed by atoms with E-state index in [-0.39, 0.29) is 37.7 Å². The van der Waals surface area contributed by atoms with Crippen LogP contribution in [0.15, 0.2) is 4.99 Å². The summed E-state index contributed by atoms with van der Waals surface area (Å²) in [5.41, 5.74) is 21.5. The molecule has 0 fully saturated rings. The molecule has 0 aliphatic heterocycles. The van der Waals surface area contributed by atoms with E-state index in [9.17, 15) is 24.0 Å². The summed E-state index contributed by atoms with van der Waals surface area (Å²) < 4.78 is 0. The summed E-state index contributed by atoms with van der Waals surface area (Å²) in [5, 5.41) is 15.8. The van der Waals surface area contributed by atoms with Crippen molar-refractivity contribution in [2.75, 3.05) is 13.1 Å². The number of carboxylic acid groups (broad SMARTS) is 1. The maximum atomic E-state index is 12.8. The molecule has 182 valence electrons. The summed E-state index contributed by atoms with van der Waals surface area (Å²) in [4.78, 5) is 63.1. The lowest BCUT2D eigenvalue weighted by Crippen LogP contribution is -2.56. The molecule has 0 aromatic rings. The van der Waals surface area contributed by atoms with Crippen molar-refractivity contribution in [3.63, 3.8) is 0 Å². The highest BCUT2D eigenvalue weighted by Gasteiger charge is 2.29. The van der Waals surface area contributed by atoms with Crippen molar-refractivity contribution in [1.29, 1.82) is 0 Å². The van der Waals surface area contributed by atoms with Crippen molar-refractivity contribution in [2.45, 2.75) is 57.7 Å². The molecule has 14 nitrogen and oxygen atoms in total. The lowest BCUT2D eigenvalue weighted by molar-refractivity contribution is -0.138. The first-order chi connectivity index (χ1) is 14.8. The summed E-state index contributed by atoms with van der Waals surface area (Å²) in [6, 6.07) is -3.19. The van der Waals surface area contributed by atoms with Crippen LogP contribution >= 0.6 is 0 Å². The van der Waals surface area contributed by atoms with Gasteiger partial charge in [0.05, 0.1) is 6.04 Å². The Bertz CT molecular complexity index is 708. The molecule has 0 radical (unpaired) electrons. The molecule has 0 bridgehead atoms. The number of nitrogens with one attached hydrogen (secondary N) is 3. The van der Waals surface area contributed by atoms with E-state index in [2.05, 4.69) is 20.9 Å². The van der Waals surface area contributed by atoms with E-state index in [0.717, 1.165) is 0 Å².